The van der Waals surface area contributed by atoms with Gasteiger partial charge in [-0.05, 0) is 4.92 Å². The molecule has 0 spiro atoms. The predicted octanol–water partition coefficient (Wildman–Crippen LogP) is 0.897. The lowest BCUT2D eigenvalue weighted by Crippen LogP contribution is -2.25. The minimum atomic E-state index is -5.19. The summed E-state index contributed by atoms with van der Waals surface area (Å²) in [5, 5.41) is 10.5. The Hall–Kier alpha value is -2.59. The van der Waals surface area contributed by atoms with Gasteiger partial charge in [0.15, 0.2) is 0 Å². The summed E-state index contributed by atoms with van der Waals surface area (Å²) in [6.45, 7) is 0. The molecule has 0 aliphatic heterocycles. The number of aromatic amines is 1. The van der Waals surface area contributed by atoms with E-state index in [1.807, 2.05) is 0 Å². The number of nitro groups is 1. The van der Waals surface area contributed by atoms with Crippen molar-refractivity contribution < 1.29 is 32.4 Å². The van der Waals surface area contributed by atoms with Crippen molar-refractivity contribution in [3.8, 4) is 5.75 Å². The molecule has 0 atom stereocenters. The first kappa shape index (κ1) is 15.5. The van der Waals surface area contributed by atoms with E-state index in [1.54, 1.807) is 4.98 Å². The molecule has 0 saturated carbocycles. The van der Waals surface area contributed by atoms with Crippen LogP contribution in [0.2, 0.25) is 0 Å². The minimum Gasteiger partial charge on any atom is -0.469 e. The topological polar surface area (TPSA) is 112 Å². The molecule has 1 N–H and O–H groups in total. The van der Waals surface area contributed by atoms with Crippen LogP contribution in [0, 0.1) is 10.1 Å². The third-order valence-corrected chi connectivity index (χ3v) is 2.03. The molecule has 20 heavy (non-hydrogen) atoms. The van der Waals surface area contributed by atoms with E-state index in [-0.39, 0.29) is 0 Å². The third-order valence-electron chi connectivity index (χ3n) is 2.03. The number of aromatic nitrogens is 1. The fourth-order valence-corrected chi connectivity index (χ4v) is 1.27. The van der Waals surface area contributed by atoms with E-state index >= 15 is 0 Å². The van der Waals surface area contributed by atoms with Crippen LogP contribution in [-0.4, -0.2) is 29.3 Å². The molecule has 1 aromatic heterocycles. The summed E-state index contributed by atoms with van der Waals surface area (Å²) in [5.41, 5.74) is -2.08. The molecule has 0 aliphatic rings. The van der Waals surface area contributed by atoms with Gasteiger partial charge in [-0.2, -0.15) is 0 Å². The van der Waals surface area contributed by atoms with Crippen molar-refractivity contribution >= 4 is 11.8 Å². The molecule has 0 saturated heterocycles. The Morgan fingerprint density at radius 2 is 2.10 bits per heavy atom. The molecule has 1 heterocycles. The van der Waals surface area contributed by atoms with E-state index < -0.39 is 46.4 Å². The second-order valence-corrected chi connectivity index (χ2v) is 3.40. The summed E-state index contributed by atoms with van der Waals surface area (Å²) in [4.78, 5) is 33.5. The quantitative estimate of drug-likeness (QED) is 0.502. The fourth-order valence-electron chi connectivity index (χ4n) is 1.27. The normalized spacial score (nSPS) is 11.0. The van der Waals surface area contributed by atoms with Crippen LogP contribution < -0.4 is 10.3 Å². The molecule has 0 fully saturated rings. The van der Waals surface area contributed by atoms with Crippen LogP contribution in [0.5, 0.6) is 5.75 Å². The molecule has 0 aliphatic carbocycles. The number of carbonyl (C=O) groups excluding carboxylic acids is 1. The van der Waals surface area contributed by atoms with Gasteiger partial charge in [-0.25, -0.2) is 9.78 Å². The van der Waals surface area contributed by atoms with Gasteiger partial charge in [0.1, 0.15) is 0 Å². The number of methoxy groups -OCH3 is 1. The first-order valence-corrected chi connectivity index (χ1v) is 4.87. The third kappa shape index (κ3) is 3.96. The SMILES string of the molecule is COC(=O)Cc1cc([N+](=O)[O-])[nH]c(=O)c1OC(F)(F)F. The summed E-state index contributed by atoms with van der Waals surface area (Å²) in [6.07, 6.45) is -5.97. The number of carbonyl (C=O) groups is 1. The van der Waals surface area contributed by atoms with E-state index in [4.69, 9.17) is 0 Å². The van der Waals surface area contributed by atoms with Crippen LogP contribution in [0.1, 0.15) is 5.56 Å². The van der Waals surface area contributed by atoms with Gasteiger partial charge in [0.2, 0.25) is 5.75 Å². The Kier molecular flexibility index (Phi) is 4.32. The molecule has 0 amide bonds. The van der Waals surface area contributed by atoms with Crippen LogP contribution >= 0.6 is 0 Å². The van der Waals surface area contributed by atoms with Crippen molar-refractivity contribution in [1.82, 2.24) is 4.98 Å². The number of H-pyrrole nitrogens is 1. The average Bonchev–Trinajstić information content (AvgIpc) is 2.31. The van der Waals surface area contributed by atoms with Gasteiger partial charge in [-0.15, -0.1) is 13.2 Å². The Bertz CT molecular complexity index is 594. The van der Waals surface area contributed by atoms with Gasteiger partial charge in [0, 0.05) is 11.6 Å². The molecule has 8 nitrogen and oxygen atoms in total. The summed E-state index contributed by atoms with van der Waals surface area (Å²) >= 11 is 0. The number of alkyl halides is 3. The molecule has 11 heteroatoms. The molecule has 0 unspecified atom stereocenters. The maximum Gasteiger partial charge on any atom is 0.573 e. The number of ether oxygens (including phenoxy) is 2. The van der Waals surface area contributed by atoms with Gasteiger partial charge < -0.3 is 19.6 Å². The fraction of sp³-hybridized carbons (Fsp3) is 0.333. The smallest absolute Gasteiger partial charge is 0.469 e. The molecule has 1 aromatic rings. The zero-order chi connectivity index (χ0) is 15.5. The summed E-state index contributed by atoms with van der Waals surface area (Å²) in [5.74, 6) is -3.10. The Labute approximate surface area is 108 Å². The van der Waals surface area contributed by atoms with Gasteiger partial charge >= 0.3 is 23.7 Å². The number of hydrogen-bond donors (Lipinski definition) is 1. The van der Waals surface area contributed by atoms with E-state index in [0.717, 1.165) is 7.11 Å². The highest BCUT2D eigenvalue weighted by Gasteiger charge is 2.35. The molecular weight excluding hydrogens is 289 g/mol. The van der Waals surface area contributed by atoms with Gasteiger partial charge in [0.05, 0.1) is 13.5 Å². The number of nitrogens with one attached hydrogen (secondary N) is 1. The van der Waals surface area contributed by atoms with Crippen molar-refractivity contribution in [3.05, 3.63) is 32.1 Å². The number of esters is 1. The minimum absolute atomic E-state index is 0.597. The largest absolute Gasteiger partial charge is 0.573 e. The number of rotatable bonds is 4. The molecule has 1 rings (SSSR count). The van der Waals surface area contributed by atoms with Crippen LogP contribution in [-0.2, 0) is 16.0 Å². The van der Waals surface area contributed by atoms with Crippen molar-refractivity contribution in [2.24, 2.45) is 0 Å². The lowest BCUT2D eigenvalue weighted by molar-refractivity contribution is -0.389. The number of hydrogen-bond acceptors (Lipinski definition) is 6. The molecule has 110 valence electrons. The van der Waals surface area contributed by atoms with Crippen molar-refractivity contribution in [2.75, 3.05) is 7.11 Å². The lowest BCUT2D eigenvalue weighted by atomic mass is 10.1. The van der Waals surface area contributed by atoms with Gasteiger partial charge in [-0.3, -0.25) is 4.79 Å². The zero-order valence-corrected chi connectivity index (χ0v) is 9.82. The van der Waals surface area contributed by atoms with E-state index in [2.05, 4.69) is 9.47 Å². The first-order valence-electron chi connectivity index (χ1n) is 4.87. The van der Waals surface area contributed by atoms with Crippen molar-refractivity contribution in [1.29, 1.82) is 0 Å². The summed E-state index contributed by atoms with van der Waals surface area (Å²) in [7, 11) is 0.966. The Balaban J connectivity index is 3.36. The monoisotopic (exact) mass is 296 g/mol. The number of pyridine rings is 1. The van der Waals surface area contributed by atoms with E-state index in [1.165, 1.54) is 0 Å². The highest BCUT2D eigenvalue weighted by molar-refractivity contribution is 5.73. The molecular formula is C9H7F3N2O6. The molecule has 0 radical (unpaired) electrons. The van der Waals surface area contributed by atoms with E-state index in [0.29, 0.717) is 6.07 Å². The molecule has 0 aromatic carbocycles. The van der Waals surface area contributed by atoms with E-state index in [9.17, 15) is 32.9 Å². The van der Waals surface area contributed by atoms with Gasteiger partial charge in [0.25, 0.3) is 0 Å². The van der Waals surface area contributed by atoms with Crippen LogP contribution in [0.25, 0.3) is 0 Å². The van der Waals surface area contributed by atoms with Crippen LogP contribution in [0.3, 0.4) is 0 Å². The maximum atomic E-state index is 12.2. The van der Waals surface area contributed by atoms with Crippen LogP contribution in [0.4, 0.5) is 19.0 Å². The first-order chi connectivity index (χ1) is 9.14. The highest BCUT2D eigenvalue weighted by atomic mass is 19.4. The van der Waals surface area contributed by atoms with Crippen molar-refractivity contribution in [2.45, 2.75) is 12.8 Å². The Morgan fingerprint density at radius 3 is 2.55 bits per heavy atom. The standard InChI is InChI=1S/C9H7F3N2O6/c1-19-6(15)3-4-2-5(14(17)18)13-8(16)7(4)20-9(10,11)12/h2H,3H2,1H3,(H,13,16). The maximum absolute atomic E-state index is 12.2. The lowest BCUT2D eigenvalue weighted by Gasteiger charge is -2.10. The zero-order valence-electron chi connectivity index (χ0n) is 9.82. The summed E-state index contributed by atoms with van der Waals surface area (Å²) < 4.78 is 44.2. The number of nitrogens with zero attached hydrogens (tertiary/aromatic N) is 1. The second kappa shape index (κ2) is 5.59. The number of halogens is 3. The highest BCUT2D eigenvalue weighted by Crippen LogP contribution is 2.25. The van der Waals surface area contributed by atoms with Crippen molar-refractivity contribution in [3.63, 3.8) is 0 Å². The average molecular weight is 296 g/mol. The molecule has 0 bridgehead atoms. The van der Waals surface area contributed by atoms with Gasteiger partial charge in [-0.1, -0.05) is 0 Å². The van der Waals surface area contributed by atoms with Crippen LogP contribution in [0.15, 0.2) is 10.9 Å². The predicted molar refractivity (Wildman–Crippen MR) is 56.1 cm³/mol. The Morgan fingerprint density at radius 1 is 1.50 bits per heavy atom. The summed E-state index contributed by atoms with van der Waals surface area (Å²) in [6, 6.07) is 0.597. The second-order valence-electron chi connectivity index (χ2n) is 3.40.